The molecule has 1 aromatic heterocycles. The first-order chi connectivity index (χ1) is 18.7. The van der Waals surface area contributed by atoms with Gasteiger partial charge in [0.15, 0.2) is 0 Å². The lowest BCUT2D eigenvalue weighted by Gasteiger charge is -2.47. The largest absolute Gasteiger partial charge is 0.496 e. The van der Waals surface area contributed by atoms with Crippen LogP contribution in [0.3, 0.4) is 0 Å². The molecule has 0 saturated carbocycles. The zero-order valence-corrected chi connectivity index (χ0v) is 22.8. The molecule has 3 heterocycles. The number of rotatable bonds is 8. The van der Waals surface area contributed by atoms with Crippen molar-refractivity contribution >= 4 is 11.8 Å². The van der Waals surface area contributed by atoms with E-state index in [1.54, 1.807) is 11.8 Å². The maximum absolute atomic E-state index is 5.81. The van der Waals surface area contributed by atoms with Crippen LogP contribution in [0.2, 0.25) is 0 Å². The highest BCUT2D eigenvalue weighted by Crippen LogP contribution is 2.38. The lowest BCUT2D eigenvalue weighted by atomic mass is 9.82. The highest BCUT2D eigenvalue weighted by molar-refractivity contribution is 7.98. The van der Waals surface area contributed by atoms with E-state index in [2.05, 4.69) is 92.1 Å². The van der Waals surface area contributed by atoms with Gasteiger partial charge in [-0.1, -0.05) is 72.4 Å². The van der Waals surface area contributed by atoms with E-state index >= 15 is 0 Å². The van der Waals surface area contributed by atoms with E-state index in [1.807, 2.05) is 18.4 Å². The Morgan fingerprint density at radius 2 is 1.71 bits per heavy atom. The highest BCUT2D eigenvalue weighted by Gasteiger charge is 2.41. The molecule has 2 saturated heterocycles. The number of hydrogen-bond acceptors (Lipinski definition) is 7. The molecule has 6 rings (SSSR count). The lowest BCUT2D eigenvalue weighted by molar-refractivity contribution is 0.0380. The number of benzene rings is 3. The van der Waals surface area contributed by atoms with E-state index in [-0.39, 0.29) is 0 Å². The molecule has 38 heavy (non-hydrogen) atoms. The number of tetrazole rings is 1. The van der Waals surface area contributed by atoms with Gasteiger partial charge >= 0.3 is 0 Å². The summed E-state index contributed by atoms with van der Waals surface area (Å²) in [6.07, 6.45) is 4.51. The van der Waals surface area contributed by atoms with Crippen LogP contribution in [0.25, 0.3) is 5.69 Å². The number of fused-ring (bicyclic) bond motifs is 1. The number of thioether (sulfide) groups is 1. The minimum atomic E-state index is 0.319. The molecule has 8 heteroatoms. The summed E-state index contributed by atoms with van der Waals surface area (Å²) in [5, 5.41) is 13.0. The fourth-order valence-corrected chi connectivity index (χ4v) is 6.78. The summed E-state index contributed by atoms with van der Waals surface area (Å²) >= 11 is 1.54. The number of nitrogens with zero attached hydrogens (tertiary/aromatic N) is 6. The summed E-state index contributed by atoms with van der Waals surface area (Å²) in [7, 11) is 1.75. The third kappa shape index (κ3) is 4.96. The zero-order valence-electron chi connectivity index (χ0n) is 22.0. The van der Waals surface area contributed by atoms with Gasteiger partial charge in [0, 0.05) is 43.2 Å². The second-order valence-corrected chi connectivity index (χ2v) is 10.9. The Morgan fingerprint density at radius 3 is 2.39 bits per heavy atom. The molecular weight excluding hydrogens is 492 g/mol. The van der Waals surface area contributed by atoms with Crippen molar-refractivity contribution in [2.45, 2.75) is 42.5 Å². The predicted molar refractivity (Wildman–Crippen MR) is 151 cm³/mol. The molecule has 0 amide bonds. The molecule has 2 aliphatic heterocycles. The van der Waals surface area contributed by atoms with E-state index < -0.39 is 0 Å². The fraction of sp³-hybridized carbons (Fsp3) is 0.367. The zero-order chi connectivity index (χ0) is 25.9. The minimum absolute atomic E-state index is 0.319. The van der Waals surface area contributed by atoms with Crippen molar-refractivity contribution in [1.29, 1.82) is 0 Å². The van der Waals surface area contributed by atoms with Gasteiger partial charge in [-0.05, 0) is 65.4 Å². The van der Waals surface area contributed by atoms with Crippen molar-refractivity contribution in [2.24, 2.45) is 0 Å². The molecule has 7 nitrogen and oxygen atoms in total. The maximum Gasteiger partial charge on any atom is 0.213 e. The van der Waals surface area contributed by atoms with Crippen LogP contribution in [0.1, 0.15) is 35.4 Å². The van der Waals surface area contributed by atoms with Gasteiger partial charge in [-0.25, -0.2) is 0 Å². The Hall–Kier alpha value is -3.20. The number of ether oxygens (including phenoxy) is 1. The van der Waals surface area contributed by atoms with Crippen LogP contribution >= 0.6 is 11.8 Å². The highest BCUT2D eigenvalue weighted by atomic mass is 32.2. The van der Waals surface area contributed by atoms with Crippen LogP contribution in [-0.2, 0) is 6.54 Å². The molecule has 0 N–H and O–H groups in total. The van der Waals surface area contributed by atoms with Gasteiger partial charge in [0.1, 0.15) is 5.75 Å². The lowest BCUT2D eigenvalue weighted by Crippen LogP contribution is -2.57. The second kappa shape index (κ2) is 11.3. The van der Waals surface area contributed by atoms with Crippen LogP contribution in [0, 0.1) is 0 Å². The maximum atomic E-state index is 5.81. The molecule has 2 unspecified atom stereocenters. The molecule has 2 atom stereocenters. The molecule has 2 fully saturated rings. The van der Waals surface area contributed by atoms with Gasteiger partial charge in [-0.15, -0.1) is 5.10 Å². The Labute approximate surface area is 228 Å². The normalized spacial score (nSPS) is 20.1. The van der Waals surface area contributed by atoms with Crippen LogP contribution < -0.4 is 4.74 Å². The van der Waals surface area contributed by atoms with Crippen molar-refractivity contribution in [3.05, 3.63) is 95.6 Å². The summed E-state index contributed by atoms with van der Waals surface area (Å²) in [6.45, 7) is 4.07. The first kappa shape index (κ1) is 25.1. The van der Waals surface area contributed by atoms with Gasteiger partial charge in [0.25, 0.3) is 0 Å². The third-order valence-corrected chi connectivity index (χ3v) is 8.61. The van der Waals surface area contributed by atoms with Crippen molar-refractivity contribution in [1.82, 2.24) is 30.0 Å². The SMILES string of the molecule is COc1ccc(-n2nnnc2SC)cc1CN1CC2CCCN2C(C(c2ccccc2)c2ccccc2)C1. The summed E-state index contributed by atoms with van der Waals surface area (Å²) < 4.78 is 7.61. The molecular formula is C30H34N6OS. The standard InChI is InChI=1S/C30H34N6OS/c1-37-28-16-15-25(36-30(38-2)31-32-33-36)18-24(28)19-34-20-26-14-9-17-35(26)27(21-34)29(22-10-5-3-6-11-22)23-12-7-4-8-13-23/h3-8,10-13,15-16,18,26-27,29H,9,14,17,19-21H2,1-2H3. The molecule has 3 aromatic carbocycles. The van der Waals surface area contributed by atoms with Gasteiger partial charge in [0.2, 0.25) is 5.16 Å². The van der Waals surface area contributed by atoms with E-state index in [1.165, 1.54) is 42.3 Å². The first-order valence-corrected chi connectivity index (χ1v) is 14.6. The summed E-state index contributed by atoms with van der Waals surface area (Å²) in [5.41, 5.74) is 4.89. The first-order valence-electron chi connectivity index (χ1n) is 13.3. The summed E-state index contributed by atoms with van der Waals surface area (Å²) in [5.74, 6) is 1.22. The molecule has 196 valence electrons. The molecule has 0 spiro atoms. The molecule has 0 aliphatic carbocycles. The fourth-order valence-electron chi connectivity index (χ4n) is 6.35. The minimum Gasteiger partial charge on any atom is -0.496 e. The van der Waals surface area contributed by atoms with E-state index in [0.717, 1.165) is 41.8 Å². The molecule has 2 aliphatic rings. The average molecular weight is 527 g/mol. The quantitative estimate of drug-likeness (QED) is 0.304. The smallest absolute Gasteiger partial charge is 0.213 e. The monoisotopic (exact) mass is 526 g/mol. The Bertz CT molecular complexity index is 1310. The van der Waals surface area contributed by atoms with Crippen molar-refractivity contribution in [3.8, 4) is 11.4 Å². The van der Waals surface area contributed by atoms with Crippen LogP contribution in [-0.4, -0.2) is 75.1 Å². The van der Waals surface area contributed by atoms with Gasteiger partial charge < -0.3 is 4.74 Å². The van der Waals surface area contributed by atoms with Gasteiger partial charge in [-0.3, -0.25) is 9.80 Å². The average Bonchev–Trinajstić information content (AvgIpc) is 3.64. The van der Waals surface area contributed by atoms with E-state index in [9.17, 15) is 0 Å². The van der Waals surface area contributed by atoms with Crippen LogP contribution in [0.15, 0.2) is 84.0 Å². The van der Waals surface area contributed by atoms with Crippen molar-refractivity contribution < 1.29 is 4.74 Å². The third-order valence-electron chi connectivity index (χ3n) is 7.99. The number of aromatic nitrogens is 4. The van der Waals surface area contributed by atoms with Gasteiger partial charge in [0.05, 0.1) is 12.8 Å². The van der Waals surface area contributed by atoms with E-state index in [0.29, 0.717) is 18.0 Å². The Kier molecular flexibility index (Phi) is 7.44. The number of hydrogen-bond donors (Lipinski definition) is 0. The summed E-state index contributed by atoms with van der Waals surface area (Å²) in [6, 6.07) is 29.3. The van der Waals surface area contributed by atoms with Gasteiger partial charge in [-0.2, -0.15) is 4.68 Å². The summed E-state index contributed by atoms with van der Waals surface area (Å²) in [4.78, 5) is 5.42. The Morgan fingerprint density at radius 1 is 0.974 bits per heavy atom. The molecule has 4 aromatic rings. The Balaban J connectivity index is 1.34. The van der Waals surface area contributed by atoms with Crippen LogP contribution in [0.5, 0.6) is 5.75 Å². The number of methoxy groups -OCH3 is 1. The van der Waals surface area contributed by atoms with Crippen molar-refractivity contribution in [2.75, 3.05) is 33.0 Å². The molecule has 0 bridgehead atoms. The van der Waals surface area contributed by atoms with Crippen LogP contribution in [0.4, 0.5) is 0 Å². The predicted octanol–water partition coefficient (Wildman–Crippen LogP) is 4.87. The second-order valence-electron chi connectivity index (χ2n) is 10.2. The molecule has 0 radical (unpaired) electrons. The van der Waals surface area contributed by atoms with Crippen molar-refractivity contribution in [3.63, 3.8) is 0 Å². The number of piperazine rings is 1. The van der Waals surface area contributed by atoms with E-state index in [4.69, 9.17) is 4.74 Å². The topological polar surface area (TPSA) is 59.3 Å².